The highest BCUT2D eigenvalue weighted by atomic mass is 16.6. The number of aliphatic imine (C=N–C) groups is 1. The van der Waals surface area contributed by atoms with Gasteiger partial charge in [0.05, 0.1) is 30.7 Å². The zero-order valence-electron chi connectivity index (χ0n) is 20.0. The van der Waals surface area contributed by atoms with E-state index in [4.69, 9.17) is 19.9 Å². The van der Waals surface area contributed by atoms with Gasteiger partial charge < -0.3 is 9.74 Å². The van der Waals surface area contributed by atoms with Crippen LogP contribution in [0.1, 0.15) is 37.9 Å². The van der Waals surface area contributed by atoms with Gasteiger partial charge in [-0.3, -0.25) is 9.97 Å². The smallest absolute Gasteiger partial charge is 0.182 e. The van der Waals surface area contributed by atoms with Gasteiger partial charge in [-0.05, 0) is 58.4 Å². The number of nitrogens with one attached hydrogen (secondary N) is 1. The molecule has 3 aromatic rings. The number of hydrogen-bond donors (Lipinski definition) is 1. The van der Waals surface area contributed by atoms with Gasteiger partial charge in [-0.15, -0.1) is 0 Å². The molecule has 172 valence electrons. The van der Waals surface area contributed by atoms with Crippen molar-refractivity contribution in [1.29, 1.82) is 0 Å². The molecule has 0 spiro atoms. The number of imidazole rings is 1. The van der Waals surface area contributed by atoms with E-state index in [9.17, 15) is 0 Å². The summed E-state index contributed by atoms with van der Waals surface area (Å²) in [6, 6.07) is 6.18. The lowest BCUT2D eigenvalue weighted by Gasteiger charge is -2.21. The van der Waals surface area contributed by atoms with Crippen molar-refractivity contribution in [3.05, 3.63) is 53.9 Å². The minimum absolute atomic E-state index is 0.176. The molecule has 0 fully saturated rings. The van der Waals surface area contributed by atoms with Crippen molar-refractivity contribution in [3.8, 4) is 11.4 Å². The number of nitrogens with zero attached hydrogens (tertiary/aromatic N) is 7. The highest BCUT2D eigenvalue weighted by molar-refractivity contribution is 6.50. The van der Waals surface area contributed by atoms with E-state index in [0.717, 1.165) is 41.4 Å². The lowest BCUT2D eigenvalue weighted by Crippen LogP contribution is -2.36. The highest BCUT2D eigenvalue weighted by Gasteiger charge is 2.32. The predicted molar refractivity (Wildman–Crippen MR) is 131 cm³/mol. The molecule has 1 aliphatic rings. The van der Waals surface area contributed by atoms with Gasteiger partial charge in [0, 0.05) is 31.2 Å². The van der Waals surface area contributed by atoms with E-state index in [0.29, 0.717) is 17.2 Å². The molecule has 1 aliphatic heterocycles. The molecule has 0 radical (unpaired) electrons. The predicted octanol–water partition coefficient (Wildman–Crippen LogP) is 3.68. The van der Waals surface area contributed by atoms with E-state index in [2.05, 4.69) is 59.3 Å². The molecule has 0 saturated carbocycles. The van der Waals surface area contributed by atoms with Crippen molar-refractivity contribution in [2.45, 2.75) is 40.7 Å². The van der Waals surface area contributed by atoms with Crippen LogP contribution >= 0.6 is 0 Å². The van der Waals surface area contributed by atoms with Crippen molar-refractivity contribution in [3.63, 3.8) is 0 Å². The van der Waals surface area contributed by atoms with Gasteiger partial charge in [0.25, 0.3) is 0 Å². The summed E-state index contributed by atoms with van der Waals surface area (Å²) in [5.41, 5.74) is 9.94. The molecular formula is C24H30N8O. The first kappa shape index (κ1) is 22.8. The number of benzene rings is 1. The van der Waals surface area contributed by atoms with Crippen LogP contribution in [0.5, 0.6) is 0 Å². The molecule has 33 heavy (non-hydrogen) atoms. The van der Waals surface area contributed by atoms with Crippen molar-refractivity contribution in [2.24, 2.45) is 10.1 Å². The average molecular weight is 447 g/mol. The van der Waals surface area contributed by atoms with Crippen molar-refractivity contribution >= 4 is 22.8 Å². The zero-order valence-corrected chi connectivity index (χ0v) is 20.0. The number of rotatable bonds is 8. The van der Waals surface area contributed by atoms with Gasteiger partial charge in [0.15, 0.2) is 5.82 Å². The first-order chi connectivity index (χ1) is 16.0. The molecule has 0 aliphatic carbocycles. The summed E-state index contributed by atoms with van der Waals surface area (Å²) >= 11 is 0. The summed E-state index contributed by atoms with van der Waals surface area (Å²) in [5.74, 6) is 0.681. The Morgan fingerprint density at radius 2 is 1.97 bits per heavy atom. The maximum absolute atomic E-state index is 5.16. The molecular weight excluding hydrogens is 416 g/mol. The fourth-order valence-corrected chi connectivity index (χ4v) is 4.01. The molecule has 0 amide bonds. The summed E-state index contributed by atoms with van der Waals surface area (Å²) in [7, 11) is 1.59. The van der Waals surface area contributed by atoms with Gasteiger partial charge in [-0.2, -0.15) is 10.6 Å². The Hall–Kier alpha value is -3.43. The van der Waals surface area contributed by atoms with Crippen LogP contribution in [0, 0.1) is 13.8 Å². The minimum atomic E-state index is -0.176. The monoisotopic (exact) mass is 446 g/mol. The van der Waals surface area contributed by atoms with E-state index in [1.54, 1.807) is 25.7 Å². The number of aryl methyl sites for hydroxylation is 1. The van der Waals surface area contributed by atoms with E-state index in [1.165, 1.54) is 5.69 Å². The van der Waals surface area contributed by atoms with E-state index in [1.807, 2.05) is 18.5 Å². The van der Waals surface area contributed by atoms with Gasteiger partial charge >= 0.3 is 0 Å². The zero-order chi connectivity index (χ0) is 23.5. The second-order valence-electron chi connectivity index (χ2n) is 7.90. The molecule has 1 atom stereocenters. The maximum Gasteiger partial charge on any atom is 0.182 e. The Labute approximate surface area is 194 Å². The maximum atomic E-state index is 5.16. The third-order valence-electron chi connectivity index (χ3n) is 5.79. The van der Waals surface area contributed by atoms with Crippen LogP contribution in [-0.2, 0) is 4.84 Å². The fraction of sp³-hybridized carbons (Fsp3) is 0.375. The van der Waals surface area contributed by atoms with E-state index < -0.39 is 0 Å². The lowest BCUT2D eigenvalue weighted by molar-refractivity contribution is 0.0832. The summed E-state index contributed by atoms with van der Waals surface area (Å²) in [4.78, 5) is 26.0. The topological polar surface area (TPSA) is 92.8 Å². The number of hydrogen-bond acceptors (Lipinski definition) is 8. The molecule has 2 aromatic heterocycles. The molecule has 0 bridgehead atoms. The van der Waals surface area contributed by atoms with Crippen molar-refractivity contribution in [1.82, 2.24) is 25.1 Å². The number of anilines is 1. The number of aromatic nitrogens is 4. The van der Waals surface area contributed by atoms with Crippen LogP contribution in [0.3, 0.4) is 0 Å². The summed E-state index contributed by atoms with van der Waals surface area (Å²) in [6.45, 7) is 12.3. The Morgan fingerprint density at radius 3 is 2.61 bits per heavy atom. The van der Waals surface area contributed by atoms with Gasteiger partial charge in [0.1, 0.15) is 22.8 Å². The van der Waals surface area contributed by atoms with Crippen molar-refractivity contribution < 1.29 is 4.84 Å². The van der Waals surface area contributed by atoms with Crippen LogP contribution < -0.4 is 10.4 Å². The van der Waals surface area contributed by atoms with Crippen LogP contribution in [0.2, 0.25) is 0 Å². The lowest BCUT2D eigenvalue weighted by atomic mass is 10.1. The third kappa shape index (κ3) is 4.29. The molecule has 4 rings (SSSR count). The minimum Gasteiger partial charge on any atom is -0.372 e. The summed E-state index contributed by atoms with van der Waals surface area (Å²) in [6.07, 6.45) is 5.01. The third-order valence-corrected chi connectivity index (χ3v) is 5.79. The van der Waals surface area contributed by atoms with E-state index >= 15 is 0 Å². The van der Waals surface area contributed by atoms with Crippen LogP contribution in [0.4, 0.5) is 11.4 Å². The summed E-state index contributed by atoms with van der Waals surface area (Å²) in [5, 5.41) is 4.84. The van der Waals surface area contributed by atoms with E-state index in [-0.39, 0.29) is 6.04 Å². The molecule has 9 heteroatoms. The average Bonchev–Trinajstić information content (AvgIpc) is 3.34. The molecule has 0 saturated heterocycles. The Morgan fingerprint density at radius 1 is 1.18 bits per heavy atom. The van der Waals surface area contributed by atoms with Gasteiger partial charge in [-0.1, -0.05) is 0 Å². The normalized spacial score (nSPS) is 15.0. The van der Waals surface area contributed by atoms with Gasteiger partial charge in [0.2, 0.25) is 0 Å². The van der Waals surface area contributed by atoms with Gasteiger partial charge in [-0.25, -0.2) is 14.7 Å². The van der Waals surface area contributed by atoms with Crippen molar-refractivity contribution in [2.75, 3.05) is 25.1 Å². The number of fused-ring (bicyclic) bond motifs is 1. The first-order valence-corrected chi connectivity index (χ1v) is 11.2. The molecule has 1 unspecified atom stereocenters. The highest BCUT2D eigenvalue weighted by Crippen LogP contribution is 2.29. The Balaban J connectivity index is 1.81. The molecule has 3 heterocycles. The Bertz CT molecular complexity index is 1190. The number of hydroxylamine groups is 1. The first-order valence-electron chi connectivity index (χ1n) is 11.2. The standard InChI is InChI=1S/C24H30N8O/c1-7-31(8-2)18-9-10-19(15(3)13-18)27-23-21(16(4)30-33-6)29-32-17(5)22(28-24(23)32)20-14-25-11-12-26-20/h9-14,16,30H,7-8H2,1-6H3/b27-23-. The van der Waals surface area contributed by atoms with Crippen LogP contribution in [-0.4, -0.2) is 57.3 Å². The SMILES string of the molecule is CCN(CC)c1ccc(/N=C2/C(C(C)NOC)=Nn3c2nc(-c2cnccn2)c3C)c(C)c1. The summed E-state index contributed by atoms with van der Waals surface area (Å²) < 4.78 is 1.83. The Kier molecular flexibility index (Phi) is 6.62. The molecule has 1 N–H and O–H groups in total. The largest absolute Gasteiger partial charge is 0.372 e. The quantitative estimate of drug-likeness (QED) is 0.531. The van der Waals surface area contributed by atoms with Crippen LogP contribution in [0.25, 0.3) is 11.4 Å². The second kappa shape index (κ2) is 9.60. The second-order valence-corrected chi connectivity index (χ2v) is 7.90. The molecule has 1 aromatic carbocycles. The fourth-order valence-electron chi connectivity index (χ4n) is 4.01. The van der Waals surface area contributed by atoms with Crippen LogP contribution in [0.15, 0.2) is 46.9 Å². The molecule has 9 nitrogen and oxygen atoms in total.